The van der Waals surface area contributed by atoms with Crippen LogP contribution >= 0.6 is 11.6 Å². The Kier molecular flexibility index (Phi) is 5.87. The van der Waals surface area contributed by atoms with Crippen molar-refractivity contribution in [3.05, 3.63) is 88.8 Å². The maximum absolute atomic E-state index is 5.91. The van der Waals surface area contributed by atoms with E-state index < -0.39 is 0 Å². The van der Waals surface area contributed by atoms with Crippen LogP contribution in [0.5, 0.6) is 5.75 Å². The van der Waals surface area contributed by atoms with Gasteiger partial charge in [0.25, 0.3) is 0 Å². The summed E-state index contributed by atoms with van der Waals surface area (Å²) in [5, 5.41) is 9.69. The van der Waals surface area contributed by atoms with Crippen molar-refractivity contribution in [1.82, 2.24) is 20.1 Å². The minimum Gasteiger partial charge on any atom is -0.493 e. The van der Waals surface area contributed by atoms with E-state index in [-0.39, 0.29) is 0 Å². The van der Waals surface area contributed by atoms with E-state index in [1.807, 2.05) is 36.5 Å². The Bertz CT molecular complexity index is 1160. The first-order valence-electron chi connectivity index (χ1n) is 10.7. The molecule has 0 aliphatic carbocycles. The normalized spacial score (nSPS) is 16.7. The van der Waals surface area contributed by atoms with Crippen molar-refractivity contribution in [2.45, 2.75) is 25.3 Å². The van der Waals surface area contributed by atoms with Crippen molar-refractivity contribution in [1.29, 1.82) is 0 Å². The largest absolute Gasteiger partial charge is 0.493 e. The van der Waals surface area contributed by atoms with Crippen LogP contribution in [0.4, 0.5) is 0 Å². The maximum Gasteiger partial charge on any atom is 0.119 e. The lowest BCUT2D eigenvalue weighted by molar-refractivity contribution is 0.320. The smallest absolute Gasteiger partial charge is 0.119 e. The fourth-order valence-electron chi connectivity index (χ4n) is 4.23. The van der Waals surface area contributed by atoms with Crippen LogP contribution in [0.15, 0.2) is 66.9 Å². The van der Waals surface area contributed by atoms with Gasteiger partial charge < -0.3 is 4.74 Å². The molecule has 1 aliphatic heterocycles. The number of rotatable bonds is 7. The van der Waals surface area contributed by atoms with Crippen LogP contribution in [0.25, 0.3) is 10.9 Å². The number of fused-ring (bicyclic) bond motifs is 1. The molecule has 0 amide bonds. The van der Waals surface area contributed by atoms with Gasteiger partial charge in [-0.1, -0.05) is 23.7 Å². The first kappa shape index (κ1) is 20.0. The van der Waals surface area contributed by atoms with Gasteiger partial charge in [-0.25, -0.2) is 0 Å². The summed E-state index contributed by atoms with van der Waals surface area (Å²) >= 11 is 5.91. The van der Waals surface area contributed by atoms with Crippen molar-refractivity contribution in [3.8, 4) is 5.75 Å². The molecule has 1 unspecified atom stereocenters. The Balaban J connectivity index is 1.14. The van der Waals surface area contributed by atoms with Gasteiger partial charge in [0.05, 0.1) is 17.8 Å². The molecule has 0 spiro atoms. The first-order chi connectivity index (χ1) is 15.2. The summed E-state index contributed by atoms with van der Waals surface area (Å²) < 4.78 is 5.79. The maximum atomic E-state index is 5.91. The molecule has 31 heavy (non-hydrogen) atoms. The van der Waals surface area contributed by atoms with Crippen molar-refractivity contribution in [2.24, 2.45) is 0 Å². The molecule has 4 aromatic rings. The summed E-state index contributed by atoms with van der Waals surface area (Å²) in [4.78, 5) is 6.92. The summed E-state index contributed by atoms with van der Waals surface area (Å²) in [6.07, 6.45) is 3.78. The second-order valence-corrected chi connectivity index (χ2v) is 8.56. The lowest BCUT2D eigenvalue weighted by Crippen LogP contribution is -2.19. The third-order valence-electron chi connectivity index (χ3n) is 5.87. The van der Waals surface area contributed by atoms with Gasteiger partial charge in [0.2, 0.25) is 0 Å². The monoisotopic (exact) mass is 432 g/mol. The Morgan fingerprint density at radius 3 is 2.90 bits per heavy atom. The topological polar surface area (TPSA) is 54.0 Å². The van der Waals surface area contributed by atoms with Crippen LogP contribution in [0, 0.1) is 0 Å². The molecule has 3 heterocycles. The molecule has 1 N–H and O–H groups in total. The molecule has 158 valence electrons. The van der Waals surface area contributed by atoms with E-state index in [9.17, 15) is 0 Å². The van der Waals surface area contributed by atoms with E-state index in [2.05, 4.69) is 50.4 Å². The molecule has 2 aromatic heterocycles. The average Bonchev–Trinajstić information content (AvgIpc) is 3.45. The molecular weight excluding hydrogens is 408 g/mol. The van der Waals surface area contributed by atoms with E-state index in [1.165, 1.54) is 10.9 Å². The fraction of sp³-hybridized carbons (Fsp3) is 0.280. The van der Waals surface area contributed by atoms with Gasteiger partial charge in [0.1, 0.15) is 5.75 Å². The van der Waals surface area contributed by atoms with Crippen molar-refractivity contribution >= 4 is 22.5 Å². The zero-order valence-electron chi connectivity index (χ0n) is 17.3. The van der Waals surface area contributed by atoms with Gasteiger partial charge in [-0.2, -0.15) is 5.10 Å². The SMILES string of the molecule is Clc1ccc(OCCc2cc(C3CCN(Cc4ccc5ncccc5c4)C3)n[nH]2)cc1. The van der Waals surface area contributed by atoms with Gasteiger partial charge in [-0.3, -0.25) is 15.0 Å². The highest BCUT2D eigenvalue weighted by Gasteiger charge is 2.25. The molecule has 0 bridgehead atoms. The highest BCUT2D eigenvalue weighted by molar-refractivity contribution is 6.30. The predicted octanol–water partition coefficient (Wildman–Crippen LogP) is 5.22. The third kappa shape index (κ3) is 4.89. The molecule has 1 aliphatic rings. The molecule has 0 radical (unpaired) electrons. The predicted molar refractivity (Wildman–Crippen MR) is 124 cm³/mol. The quantitative estimate of drug-likeness (QED) is 0.435. The van der Waals surface area contributed by atoms with E-state index in [0.29, 0.717) is 17.5 Å². The van der Waals surface area contributed by atoms with Crippen LogP contribution in [-0.2, 0) is 13.0 Å². The minimum atomic E-state index is 0.476. The molecule has 1 saturated heterocycles. The first-order valence-corrected chi connectivity index (χ1v) is 11.1. The highest BCUT2D eigenvalue weighted by Crippen LogP contribution is 2.28. The van der Waals surface area contributed by atoms with Crippen molar-refractivity contribution < 1.29 is 4.74 Å². The number of halogens is 1. The van der Waals surface area contributed by atoms with E-state index in [1.54, 1.807) is 0 Å². The van der Waals surface area contributed by atoms with Gasteiger partial charge >= 0.3 is 0 Å². The minimum absolute atomic E-state index is 0.476. The molecular formula is C25H25ClN4O. The van der Waals surface area contributed by atoms with Crippen LogP contribution in [0.3, 0.4) is 0 Å². The number of ether oxygens (including phenoxy) is 1. The standard InChI is InChI=1S/C25H25ClN4O/c26-21-4-6-23(7-5-21)31-13-10-22-15-25(29-28-22)20-9-12-30(17-20)16-18-3-8-24-19(14-18)2-1-11-27-24/h1-8,11,14-15,20H,9-10,12-13,16-17H2,(H,28,29). The molecule has 0 saturated carbocycles. The summed E-state index contributed by atoms with van der Waals surface area (Å²) in [5.74, 6) is 1.31. The van der Waals surface area contributed by atoms with Gasteiger partial charge in [-0.05, 0) is 67.1 Å². The van der Waals surface area contributed by atoms with Crippen LogP contribution < -0.4 is 4.74 Å². The van der Waals surface area contributed by atoms with Crippen molar-refractivity contribution in [3.63, 3.8) is 0 Å². The number of H-pyrrole nitrogens is 1. The number of benzene rings is 2. The molecule has 6 heteroatoms. The number of likely N-dealkylation sites (tertiary alicyclic amines) is 1. The van der Waals surface area contributed by atoms with Gasteiger partial charge in [0, 0.05) is 47.7 Å². The summed E-state index contributed by atoms with van der Waals surface area (Å²) in [5.41, 5.74) is 4.66. The van der Waals surface area contributed by atoms with Crippen LogP contribution in [0.1, 0.15) is 29.3 Å². The summed E-state index contributed by atoms with van der Waals surface area (Å²) in [6.45, 7) is 3.71. The third-order valence-corrected chi connectivity index (χ3v) is 6.12. The Hall–Kier alpha value is -2.89. The lowest BCUT2D eigenvalue weighted by Gasteiger charge is -2.16. The number of hydrogen-bond acceptors (Lipinski definition) is 4. The number of aromatic nitrogens is 3. The zero-order chi connectivity index (χ0) is 21.0. The number of aromatic amines is 1. The van der Waals surface area contributed by atoms with Crippen LogP contribution in [0.2, 0.25) is 5.02 Å². The molecule has 1 atom stereocenters. The fourth-order valence-corrected chi connectivity index (χ4v) is 4.35. The Labute approximate surface area is 187 Å². The summed E-state index contributed by atoms with van der Waals surface area (Å²) in [6, 6.07) is 20.3. The second kappa shape index (κ2) is 9.08. The van der Waals surface area contributed by atoms with E-state index in [4.69, 9.17) is 16.3 Å². The second-order valence-electron chi connectivity index (χ2n) is 8.12. The van der Waals surface area contributed by atoms with Gasteiger partial charge in [0.15, 0.2) is 0 Å². The Morgan fingerprint density at radius 1 is 1.10 bits per heavy atom. The average molecular weight is 433 g/mol. The molecule has 2 aromatic carbocycles. The van der Waals surface area contributed by atoms with Gasteiger partial charge in [-0.15, -0.1) is 0 Å². The number of nitrogens with zero attached hydrogens (tertiary/aromatic N) is 3. The van der Waals surface area contributed by atoms with Crippen molar-refractivity contribution in [2.75, 3.05) is 19.7 Å². The number of nitrogens with one attached hydrogen (secondary N) is 1. The highest BCUT2D eigenvalue weighted by atomic mass is 35.5. The van der Waals surface area contributed by atoms with E-state index in [0.717, 1.165) is 55.1 Å². The molecule has 5 rings (SSSR count). The molecule has 5 nitrogen and oxygen atoms in total. The number of pyridine rings is 1. The lowest BCUT2D eigenvalue weighted by atomic mass is 10.0. The Morgan fingerprint density at radius 2 is 2.00 bits per heavy atom. The molecule has 1 fully saturated rings. The van der Waals surface area contributed by atoms with E-state index >= 15 is 0 Å². The number of hydrogen-bond donors (Lipinski definition) is 1. The summed E-state index contributed by atoms with van der Waals surface area (Å²) in [7, 11) is 0. The zero-order valence-corrected chi connectivity index (χ0v) is 18.1. The van der Waals surface area contributed by atoms with Crippen LogP contribution in [-0.4, -0.2) is 39.8 Å².